The topological polar surface area (TPSA) is 96.8 Å². The number of allylic oxidation sites excluding steroid dienone is 1. The van der Waals surface area contributed by atoms with Gasteiger partial charge in [0.05, 0.1) is 28.4 Å². The summed E-state index contributed by atoms with van der Waals surface area (Å²) in [6.45, 7) is -0.571. The summed E-state index contributed by atoms with van der Waals surface area (Å²) in [5.41, 5.74) is 4.07. The van der Waals surface area contributed by atoms with Crippen LogP contribution >= 0.6 is 15.9 Å². The van der Waals surface area contributed by atoms with Gasteiger partial charge in [-0.1, -0.05) is 24.3 Å². The lowest BCUT2D eigenvalue weighted by Gasteiger charge is -2.29. The number of rotatable bonds is 5. The fourth-order valence-corrected chi connectivity index (χ4v) is 6.42. The maximum atomic E-state index is 13.8. The van der Waals surface area contributed by atoms with Crippen LogP contribution in [0.3, 0.4) is 0 Å². The molecule has 1 aliphatic carbocycles. The third kappa shape index (κ3) is 5.20. The molecule has 0 spiro atoms. The van der Waals surface area contributed by atoms with E-state index in [2.05, 4.69) is 20.9 Å². The summed E-state index contributed by atoms with van der Waals surface area (Å²) in [5, 5.41) is 6.06. The Hall–Kier alpha value is -4.38. The number of nitrogens with zero attached hydrogens (tertiary/aromatic N) is 3. The van der Waals surface area contributed by atoms with Gasteiger partial charge in [-0.05, 0) is 94.4 Å². The lowest BCUT2D eigenvalue weighted by atomic mass is 9.77. The van der Waals surface area contributed by atoms with E-state index in [9.17, 15) is 23.2 Å². The zero-order valence-corrected chi connectivity index (χ0v) is 24.0. The summed E-state index contributed by atoms with van der Waals surface area (Å²) >= 11 is 3.39. The molecule has 1 saturated carbocycles. The number of amides is 1. The third-order valence-corrected chi connectivity index (χ3v) is 8.29. The number of aromatic nitrogens is 2. The van der Waals surface area contributed by atoms with Crippen LogP contribution in [0.1, 0.15) is 46.8 Å². The standard InChI is InChI=1S/C31H25BrF2N4O4/c1-37-29-24(32)14-20(15-25(29)35-31(37)41)30(40)42-16-26(39)38-28(18-7-11-22(34)12-8-18)23-4-2-3-19(27(23)36-38)13-17-5-9-21(33)10-6-17/h5-15,23,28H,2-4,16H2,1H3,(H,35,41)/b19-13-. The first-order chi connectivity index (χ1) is 20.2. The number of nitrogens with one attached hydrogen (secondary N) is 1. The summed E-state index contributed by atoms with van der Waals surface area (Å²) in [5.74, 6) is -2.15. The van der Waals surface area contributed by atoms with Crippen molar-refractivity contribution in [3.8, 4) is 0 Å². The number of ether oxygens (including phenoxy) is 1. The number of H-pyrrole nitrogens is 1. The van der Waals surface area contributed by atoms with Crippen molar-refractivity contribution in [3.05, 3.63) is 110 Å². The molecule has 1 N–H and O–H groups in total. The number of benzene rings is 3. The average Bonchev–Trinajstić information content (AvgIpc) is 3.51. The quantitative estimate of drug-likeness (QED) is 0.277. The van der Waals surface area contributed by atoms with Gasteiger partial charge in [0, 0.05) is 17.4 Å². The number of esters is 1. The molecule has 2 atom stereocenters. The number of aromatic amines is 1. The molecule has 11 heteroatoms. The van der Waals surface area contributed by atoms with Gasteiger partial charge in [0.25, 0.3) is 5.91 Å². The smallest absolute Gasteiger partial charge is 0.338 e. The Morgan fingerprint density at radius 1 is 1.10 bits per heavy atom. The number of fused-ring (bicyclic) bond motifs is 2. The van der Waals surface area contributed by atoms with Crippen LogP contribution in [0, 0.1) is 17.6 Å². The number of imidazole rings is 1. The fourth-order valence-electron chi connectivity index (χ4n) is 5.69. The van der Waals surface area contributed by atoms with Crippen LogP contribution < -0.4 is 5.69 Å². The molecule has 1 aliphatic heterocycles. The van der Waals surface area contributed by atoms with E-state index in [-0.39, 0.29) is 23.0 Å². The van der Waals surface area contributed by atoms with E-state index in [1.165, 1.54) is 46.0 Å². The first-order valence-corrected chi connectivity index (χ1v) is 14.2. The van der Waals surface area contributed by atoms with Crippen molar-refractivity contribution in [1.82, 2.24) is 14.6 Å². The molecule has 42 heavy (non-hydrogen) atoms. The Kier molecular flexibility index (Phi) is 7.36. The molecule has 4 aromatic rings. The van der Waals surface area contributed by atoms with Crippen LogP contribution in [0.5, 0.6) is 0 Å². The normalized spacial score (nSPS) is 19.2. The van der Waals surface area contributed by atoms with Gasteiger partial charge < -0.3 is 9.72 Å². The maximum Gasteiger partial charge on any atom is 0.338 e. The van der Waals surface area contributed by atoms with Gasteiger partial charge in [-0.3, -0.25) is 9.36 Å². The number of halogens is 3. The Morgan fingerprint density at radius 2 is 1.79 bits per heavy atom. The van der Waals surface area contributed by atoms with E-state index < -0.39 is 30.3 Å². The molecule has 1 amide bonds. The minimum Gasteiger partial charge on any atom is -0.452 e. The van der Waals surface area contributed by atoms with Crippen molar-refractivity contribution in [1.29, 1.82) is 0 Å². The largest absolute Gasteiger partial charge is 0.452 e. The number of hydrogen-bond acceptors (Lipinski definition) is 5. The predicted molar refractivity (Wildman–Crippen MR) is 157 cm³/mol. The highest BCUT2D eigenvalue weighted by atomic mass is 79.9. The molecule has 2 unspecified atom stereocenters. The van der Waals surface area contributed by atoms with Crippen LogP contribution in [0.2, 0.25) is 0 Å². The second-order valence-electron chi connectivity index (χ2n) is 10.4. The minimum atomic E-state index is -0.741. The van der Waals surface area contributed by atoms with Gasteiger partial charge in [0.2, 0.25) is 0 Å². The van der Waals surface area contributed by atoms with E-state index in [0.717, 1.165) is 36.1 Å². The van der Waals surface area contributed by atoms with E-state index in [1.54, 1.807) is 31.3 Å². The Morgan fingerprint density at radius 3 is 2.50 bits per heavy atom. The highest BCUT2D eigenvalue weighted by Crippen LogP contribution is 2.44. The SMILES string of the molecule is Cn1c(=O)[nH]c2cc(C(=O)OCC(=O)N3N=C4/C(=C\c5ccc(F)cc5)CCCC4C3c3ccc(F)cc3)cc(Br)c21. The van der Waals surface area contributed by atoms with Crippen molar-refractivity contribution in [2.24, 2.45) is 18.1 Å². The monoisotopic (exact) mass is 634 g/mol. The molecule has 2 heterocycles. The van der Waals surface area contributed by atoms with E-state index in [0.29, 0.717) is 21.1 Å². The highest BCUT2D eigenvalue weighted by molar-refractivity contribution is 9.10. The van der Waals surface area contributed by atoms with Crippen molar-refractivity contribution < 1.29 is 23.1 Å². The van der Waals surface area contributed by atoms with Gasteiger partial charge in [-0.15, -0.1) is 0 Å². The summed E-state index contributed by atoms with van der Waals surface area (Å²) in [6.07, 6.45) is 4.29. The van der Waals surface area contributed by atoms with Crippen LogP contribution in [0.25, 0.3) is 17.1 Å². The summed E-state index contributed by atoms with van der Waals surface area (Å²) < 4.78 is 34.6. The van der Waals surface area contributed by atoms with Gasteiger partial charge in [0.15, 0.2) is 6.61 Å². The molecule has 8 nitrogen and oxygen atoms in total. The fraction of sp³-hybridized carbons (Fsp3) is 0.226. The second-order valence-corrected chi connectivity index (χ2v) is 11.2. The first-order valence-electron chi connectivity index (χ1n) is 13.4. The number of hydrazone groups is 1. The van der Waals surface area contributed by atoms with Crippen LogP contribution in [-0.4, -0.2) is 38.8 Å². The molecule has 0 bridgehead atoms. The van der Waals surface area contributed by atoms with Gasteiger partial charge >= 0.3 is 11.7 Å². The first kappa shape index (κ1) is 27.8. The van der Waals surface area contributed by atoms with Crippen molar-refractivity contribution in [3.63, 3.8) is 0 Å². The van der Waals surface area contributed by atoms with E-state index >= 15 is 0 Å². The van der Waals surface area contributed by atoms with Gasteiger partial charge in [0.1, 0.15) is 11.6 Å². The van der Waals surface area contributed by atoms with Crippen molar-refractivity contribution >= 4 is 50.6 Å². The Labute approximate surface area is 247 Å². The zero-order valence-electron chi connectivity index (χ0n) is 22.4. The maximum absolute atomic E-state index is 13.8. The Bertz CT molecular complexity index is 1830. The molecule has 1 fully saturated rings. The molecular formula is C31H25BrF2N4O4. The molecule has 214 valence electrons. The molecule has 2 aliphatic rings. The summed E-state index contributed by atoms with van der Waals surface area (Å²) in [6, 6.07) is 14.6. The lowest BCUT2D eigenvalue weighted by Crippen LogP contribution is -2.34. The van der Waals surface area contributed by atoms with Crippen LogP contribution in [0.4, 0.5) is 8.78 Å². The number of aryl methyl sites for hydroxylation is 1. The zero-order chi connectivity index (χ0) is 29.5. The second kappa shape index (κ2) is 11.1. The molecule has 6 rings (SSSR count). The molecule has 1 aromatic heterocycles. The predicted octanol–water partition coefficient (Wildman–Crippen LogP) is 5.89. The number of carbonyl (C=O) groups is 2. The van der Waals surface area contributed by atoms with Crippen molar-refractivity contribution in [2.75, 3.05) is 6.61 Å². The molecular weight excluding hydrogens is 610 g/mol. The summed E-state index contributed by atoms with van der Waals surface area (Å²) in [4.78, 5) is 41.2. The van der Waals surface area contributed by atoms with Crippen molar-refractivity contribution in [2.45, 2.75) is 25.3 Å². The third-order valence-electron chi connectivity index (χ3n) is 7.69. The number of hydrogen-bond donors (Lipinski definition) is 1. The Balaban J connectivity index is 1.28. The minimum absolute atomic E-state index is 0.149. The number of carbonyl (C=O) groups excluding carboxylic acids is 2. The van der Waals surface area contributed by atoms with Crippen LogP contribution in [-0.2, 0) is 16.6 Å². The molecule has 3 aromatic carbocycles. The summed E-state index contributed by atoms with van der Waals surface area (Å²) in [7, 11) is 1.61. The highest BCUT2D eigenvalue weighted by Gasteiger charge is 2.44. The molecule has 0 saturated heterocycles. The van der Waals surface area contributed by atoms with Gasteiger partial charge in [-0.25, -0.2) is 23.4 Å². The van der Waals surface area contributed by atoms with Crippen LogP contribution in [0.15, 0.2) is 80.6 Å². The molecule has 0 radical (unpaired) electrons. The lowest BCUT2D eigenvalue weighted by molar-refractivity contribution is -0.137. The van der Waals surface area contributed by atoms with Gasteiger partial charge in [-0.2, -0.15) is 5.10 Å². The van der Waals surface area contributed by atoms with E-state index in [4.69, 9.17) is 9.84 Å². The van der Waals surface area contributed by atoms with E-state index in [1.807, 2.05) is 6.08 Å². The average molecular weight is 635 g/mol.